The summed E-state index contributed by atoms with van der Waals surface area (Å²) < 4.78 is 10.1. The molecule has 2 rings (SSSR count). The summed E-state index contributed by atoms with van der Waals surface area (Å²) in [4.78, 5) is 24.6. The van der Waals surface area contributed by atoms with Gasteiger partial charge >= 0.3 is 0 Å². The Morgan fingerprint density at radius 3 is 2.50 bits per heavy atom. The molecule has 0 radical (unpaired) electrons. The molecule has 0 heterocycles. The second-order valence-corrected chi connectivity index (χ2v) is 7.02. The van der Waals surface area contributed by atoms with Crippen LogP contribution < -0.4 is 15.4 Å². The lowest BCUT2D eigenvalue weighted by molar-refractivity contribution is -0.113. The van der Waals surface area contributed by atoms with Crippen LogP contribution in [0.25, 0.3) is 0 Å². The Balaban J connectivity index is 1.83. The molecule has 0 unspecified atom stereocenters. The van der Waals surface area contributed by atoms with Crippen molar-refractivity contribution in [2.24, 2.45) is 0 Å². The van der Waals surface area contributed by atoms with Crippen molar-refractivity contribution in [3.8, 4) is 5.75 Å². The molecule has 0 atom stereocenters. The van der Waals surface area contributed by atoms with E-state index in [1.165, 1.54) is 11.8 Å². The average molecular weight is 403 g/mol. The molecule has 2 amide bonds. The number of rotatable bonds is 11. The number of methoxy groups -OCH3 is 2. The summed E-state index contributed by atoms with van der Waals surface area (Å²) in [5, 5.41) is 5.67. The van der Waals surface area contributed by atoms with Gasteiger partial charge in [0.1, 0.15) is 5.75 Å². The number of ether oxygens (including phenoxy) is 2. The van der Waals surface area contributed by atoms with Crippen molar-refractivity contribution in [1.82, 2.24) is 5.32 Å². The third-order valence-electron chi connectivity index (χ3n) is 3.92. The fraction of sp³-hybridized carbons (Fsp3) is 0.333. The molecule has 0 aliphatic rings. The molecule has 0 aliphatic carbocycles. The van der Waals surface area contributed by atoms with E-state index in [2.05, 4.69) is 10.6 Å². The summed E-state index contributed by atoms with van der Waals surface area (Å²) in [6.07, 6.45) is 0.735. The first-order valence-electron chi connectivity index (χ1n) is 9.00. The molecule has 6 nitrogen and oxygen atoms in total. The van der Waals surface area contributed by atoms with E-state index in [4.69, 9.17) is 9.47 Å². The number of carbonyl (C=O) groups is 2. The maximum Gasteiger partial charge on any atom is 0.253 e. The minimum atomic E-state index is -0.210. The van der Waals surface area contributed by atoms with Crippen LogP contribution in [0.4, 0.5) is 5.69 Å². The zero-order chi connectivity index (χ0) is 20.2. The minimum Gasteiger partial charge on any atom is -0.497 e. The van der Waals surface area contributed by atoms with Gasteiger partial charge in [-0.1, -0.05) is 24.3 Å². The lowest BCUT2D eigenvalue weighted by atomic mass is 10.1. The Bertz CT molecular complexity index is 765. The van der Waals surface area contributed by atoms with Gasteiger partial charge in [-0.25, -0.2) is 0 Å². The molecule has 0 fully saturated rings. The Hall–Kier alpha value is -2.51. The summed E-state index contributed by atoms with van der Waals surface area (Å²) in [5.74, 6) is 1.48. The number of para-hydroxylation sites is 1. The van der Waals surface area contributed by atoms with Crippen LogP contribution in [0.2, 0.25) is 0 Å². The quantitative estimate of drug-likeness (QED) is 0.564. The normalized spacial score (nSPS) is 10.4. The topological polar surface area (TPSA) is 76.7 Å². The highest BCUT2D eigenvalue weighted by molar-refractivity contribution is 7.99. The molecule has 0 saturated carbocycles. The zero-order valence-corrected chi connectivity index (χ0v) is 17.0. The second kappa shape index (κ2) is 12.0. The van der Waals surface area contributed by atoms with Crippen molar-refractivity contribution in [2.75, 3.05) is 38.4 Å². The van der Waals surface area contributed by atoms with E-state index < -0.39 is 0 Å². The number of thioether (sulfide) groups is 1. The van der Waals surface area contributed by atoms with Crippen LogP contribution >= 0.6 is 11.8 Å². The van der Waals surface area contributed by atoms with Gasteiger partial charge in [-0.3, -0.25) is 9.59 Å². The number of benzene rings is 2. The predicted octanol–water partition coefficient (Wildman–Crippen LogP) is 3.33. The van der Waals surface area contributed by atoms with E-state index in [0.29, 0.717) is 30.2 Å². The first-order chi connectivity index (χ1) is 13.6. The summed E-state index contributed by atoms with van der Waals surface area (Å²) in [7, 11) is 3.26. The molecular formula is C21H26N2O4S. The van der Waals surface area contributed by atoms with Crippen molar-refractivity contribution in [1.29, 1.82) is 0 Å². The fourth-order valence-corrected chi connectivity index (χ4v) is 3.26. The van der Waals surface area contributed by atoms with Gasteiger partial charge in [-0.2, -0.15) is 0 Å². The molecule has 2 aromatic carbocycles. The van der Waals surface area contributed by atoms with Crippen LogP contribution in [-0.4, -0.2) is 44.9 Å². The summed E-state index contributed by atoms with van der Waals surface area (Å²) in [5.41, 5.74) is 2.09. The van der Waals surface area contributed by atoms with Gasteiger partial charge in [-0.15, -0.1) is 11.8 Å². The van der Waals surface area contributed by atoms with Crippen molar-refractivity contribution < 1.29 is 19.1 Å². The molecule has 0 bridgehead atoms. The van der Waals surface area contributed by atoms with Gasteiger partial charge in [0.15, 0.2) is 0 Å². The molecule has 7 heteroatoms. The van der Waals surface area contributed by atoms with Gasteiger partial charge in [0.05, 0.1) is 24.1 Å². The smallest absolute Gasteiger partial charge is 0.253 e. The van der Waals surface area contributed by atoms with Crippen LogP contribution in [0.3, 0.4) is 0 Å². The largest absolute Gasteiger partial charge is 0.497 e. The molecular weight excluding hydrogens is 376 g/mol. The maximum absolute atomic E-state index is 12.3. The number of hydrogen-bond donors (Lipinski definition) is 2. The zero-order valence-electron chi connectivity index (χ0n) is 16.2. The Kier molecular flexibility index (Phi) is 9.37. The number of hydrogen-bond acceptors (Lipinski definition) is 5. The molecule has 28 heavy (non-hydrogen) atoms. The van der Waals surface area contributed by atoms with Gasteiger partial charge in [0, 0.05) is 26.0 Å². The standard InChI is InChI=1S/C21H26N2O4S/c1-26-13-5-12-22-21(25)18-6-3-4-7-19(18)23-20(24)15-28-14-16-8-10-17(27-2)11-9-16/h3-4,6-11H,5,12-15H2,1-2H3,(H,22,25)(H,23,24). The third kappa shape index (κ3) is 7.25. The molecule has 0 aliphatic heterocycles. The minimum absolute atomic E-state index is 0.141. The average Bonchev–Trinajstić information content (AvgIpc) is 2.72. The van der Waals surface area contributed by atoms with Crippen LogP contribution in [0.1, 0.15) is 22.3 Å². The van der Waals surface area contributed by atoms with Crippen LogP contribution in [-0.2, 0) is 15.3 Å². The second-order valence-electron chi connectivity index (χ2n) is 6.04. The number of carbonyl (C=O) groups excluding carboxylic acids is 2. The Morgan fingerprint density at radius 1 is 1.04 bits per heavy atom. The number of nitrogens with one attached hydrogen (secondary N) is 2. The van der Waals surface area contributed by atoms with Crippen molar-refractivity contribution in [3.05, 3.63) is 59.7 Å². The lowest BCUT2D eigenvalue weighted by Crippen LogP contribution is -2.27. The molecule has 2 N–H and O–H groups in total. The number of anilines is 1. The van der Waals surface area contributed by atoms with Crippen LogP contribution in [0.5, 0.6) is 5.75 Å². The van der Waals surface area contributed by atoms with E-state index in [9.17, 15) is 9.59 Å². The first-order valence-corrected chi connectivity index (χ1v) is 10.2. The van der Waals surface area contributed by atoms with Gasteiger partial charge in [0.2, 0.25) is 5.91 Å². The van der Waals surface area contributed by atoms with E-state index >= 15 is 0 Å². The summed E-state index contributed by atoms with van der Waals surface area (Å²) in [6.45, 7) is 1.11. The highest BCUT2D eigenvalue weighted by Crippen LogP contribution is 2.18. The molecule has 0 saturated heterocycles. The van der Waals surface area contributed by atoms with E-state index in [-0.39, 0.29) is 11.8 Å². The summed E-state index contributed by atoms with van der Waals surface area (Å²) >= 11 is 1.51. The Labute approximate surface area is 170 Å². The van der Waals surface area contributed by atoms with E-state index in [1.54, 1.807) is 38.5 Å². The monoisotopic (exact) mass is 402 g/mol. The molecule has 2 aromatic rings. The van der Waals surface area contributed by atoms with E-state index in [1.807, 2.05) is 24.3 Å². The maximum atomic E-state index is 12.3. The van der Waals surface area contributed by atoms with Crippen LogP contribution in [0, 0.1) is 0 Å². The summed E-state index contributed by atoms with van der Waals surface area (Å²) in [6, 6.07) is 14.8. The SMILES string of the molecule is COCCCNC(=O)c1ccccc1NC(=O)CSCc1ccc(OC)cc1. The third-order valence-corrected chi connectivity index (χ3v) is 4.92. The Morgan fingerprint density at radius 2 is 1.79 bits per heavy atom. The molecule has 0 aromatic heterocycles. The fourth-order valence-electron chi connectivity index (χ4n) is 2.47. The predicted molar refractivity (Wildman–Crippen MR) is 113 cm³/mol. The van der Waals surface area contributed by atoms with Gasteiger partial charge < -0.3 is 20.1 Å². The van der Waals surface area contributed by atoms with Gasteiger partial charge in [-0.05, 0) is 36.2 Å². The van der Waals surface area contributed by atoms with Crippen LogP contribution in [0.15, 0.2) is 48.5 Å². The molecule has 150 valence electrons. The highest BCUT2D eigenvalue weighted by atomic mass is 32.2. The van der Waals surface area contributed by atoms with Crippen molar-refractivity contribution in [3.63, 3.8) is 0 Å². The van der Waals surface area contributed by atoms with Crippen molar-refractivity contribution in [2.45, 2.75) is 12.2 Å². The lowest BCUT2D eigenvalue weighted by Gasteiger charge is -2.11. The first kappa shape index (κ1) is 21.8. The van der Waals surface area contributed by atoms with Crippen molar-refractivity contribution >= 4 is 29.3 Å². The number of amides is 2. The van der Waals surface area contributed by atoms with E-state index in [0.717, 1.165) is 23.5 Å². The molecule has 0 spiro atoms. The highest BCUT2D eigenvalue weighted by Gasteiger charge is 2.12. The van der Waals surface area contributed by atoms with Gasteiger partial charge in [0.25, 0.3) is 5.91 Å².